The highest BCUT2D eigenvalue weighted by atomic mass is 16.4. The molecule has 1 aromatic rings. The van der Waals surface area contributed by atoms with Crippen molar-refractivity contribution < 1.29 is 14.3 Å². The Balaban J connectivity index is 2.98. The second-order valence-electron chi connectivity index (χ2n) is 1.23. The number of carbonyl (C=O) groups excluding carboxylic acids is 1. The SMILES string of the molecule is Nc1nnc(C(=O)[O-])o1. The average molecular weight is 128 g/mol. The van der Waals surface area contributed by atoms with Crippen molar-refractivity contribution in [1.82, 2.24) is 10.2 Å². The van der Waals surface area contributed by atoms with Crippen LogP contribution in [0.2, 0.25) is 0 Å². The second-order valence-corrected chi connectivity index (χ2v) is 1.23. The summed E-state index contributed by atoms with van der Waals surface area (Å²) >= 11 is 0. The summed E-state index contributed by atoms with van der Waals surface area (Å²) in [6.45, 7) is 0. The van der Waals surface area contributed by atoms with Gasteiger partial charge in [0.1, 0.15) is 5.97 Å². The lowest BCUT2D eigenvalue weighted by Crippen LogP contribution is -2.22. The normalized spacial score (nSPS) is 9.33. The van der Waals surface area contributed by atoms with Gasteiger partial charge in [-0.1, -0.05) is 5.10 Å². The van der Waals surface area contributed by atoms with E-state index >= 15 is 0 Å². The summed E-state index contributed by atoms with van der Waals surface area (Å²) in [7, 11) is 0. The number of carboxylic acids is 1. The van der Waals surface area contributed by atoms with Crippen molar-refractivity contribution in [3.63, 3.8) is 0 Å². The van der Waals surface area contributed by atoms with E-state index in [1.807, 2.05) is 0 Å². The van der Waals surface area contributed by atoms with Crippen LogP contribution < -0.4 is 10.8 Å². The monoisotopic (exact) mass is 128 g/mol. The molecule has 1 heterocycles. The van der Waals surface area contributed by atoms with E-state index in [4.69, 9.17) is 5.73 Å². The summed E-state index contributed by atoms with van der Waals surface area (Å²) in [5.74, 6) is -2.13. The van der Waals surface area contributed by atoms with Gasteiger partial charge in [0, 0.05) is 0 Å². The van der Waals surface area contributed by atoms with Crippen LogP contribution in [0.1, 0.15) is 10.7 Å². The minimum absolute atomic E-state index is 0.283. The van der Waals surface area contributed by atoms with Gasteiger partial charge in [0.15, 0.2) is 0 Å². The molecule has 0 radical (unpaired) electrons. The fourth-order valence-corrected chi connectivity index (χ4v) is 0.317. The van der Waals surface area contributed by atoms with Crippen LogP contribution in [0.25, 0.3) is 0 Å². The predicted octanol–water partition coefficient (Wildman–Crippen LogP) is -1.98. The van der Waals surface area contributed by atoms with Gasteiger partial charge < -0.3 is 20.1 Å². The largest absolute Gasteiger partial charge is 0.540 e. The zero-order valence-corrected chi connectivity index (χ0v) is 4.20. The number of rotatable bonds is 1. The van der Waals surface area contributed by atoms with E-state index in [0.717, 1.165) is 0 Å². The Morgan fingerprint density at radius 2 is 2.33 bits per heavy atom. The number of aromatic carboxylic acids is 1. The summed E-state index contributed by atoms with van der Waals surface area (Å²) in [5.41, 5.74) is 4.88. The number of nitrogen functional groups attached to an aromatic ring is 1. The Hall–Kier alpha value is -1.59. The van der Waals surface area contributed by atoms with E-state index in [1.54, 1.807) is 0 Å². The molecule has 48 valence electrons. The first kappa shape index (κ1) is 5.54. The molecule has 0 atom stereocenters. The fraction of sp³-hybridized carbons (Fsp3) is 0. The van der Waals surface area contributed by atoms with Crippen LogP contribution in [0.3, 0.4) is 0 Å². The van der Waals surface area contributed by atoms with Gasteiger partial charge in [-0.05, 0) is 0 Å². The molecule has 1 rings (SSSR count). The van der Waals surface area contributed by atoms with Crippen molar-refractivity contribution in [3.8, 4) is 0 Å². The summed E-state index contributed by atoms with van der Waals surface area (Å²) in [6, 6.07) is -0.283. The zero-order valence-electron chi connectivity index (χ0n) is 4.20. The first-order chi connectivity index (χ1) is 4.20. The third kappa shape index (κ3) is 0.958. The lowest BCUT2D eigenvalue weighted by atomic mass is 10.7. The molecule has 2 N–H and O–H groups in total. The van der Waals surface area contributed by atoms with Crippen molar-refractivity contribution in [2.24, 2.45) is 0 Å². The quantitative estimate of drug-likeness (QED) is 0.469. The molecule has 0 aliphatic carbocycles. The van der Waals surface area contributed by atoms with Crippen molar-refractivity contribution in [2.45, 2.75) is 0 Å². The third-order valence-electron chi connectivity index (χ3n) is 0.615. The smallest absolute Gasteiger partial charge is 0.313 e. The summed E-state index contributed by atoms with van der Waals surface area (Å²) in [6.07, 6.45) is 0. The molecular formula is C3H2N3O3-. The van der Waals surface area contributed by atoms with Gasteiger partial charge in [0.2, 0.25) is 0 Å². The van der Waals surface area contributed by atoms with Gasteiger partial charge in [-0.3, -0.25) is 0 Å². The van der Waals surface area contributed by atoms with Crippen molar-refractivity contribution in [3.05, 3.63) is 5.89 Å². The molecule has 0 spiro atoms. The highest BCUT2D eigenvalue weighted by Crippen LogP contribution is 1.96. The van der Waals surface area contributed by atoms with Crippen LogP contribution in [0, 0.1) is 0 Å². The minimum Gasteiger partial charge on any atom is -0.540 e. The molecule has 0 amide bonds. The molecule has 6 heteroatoms. The second kappa shape index (κ2) is 1.73. The standard InChI is InChI=1S/C3H3N3O3/c4-3-6-5-1(9-3)2(7)8/h(H2,4,6)(H,7,8)/p-1. The van der Waals surface area contributed by atoms with Gasteiger partial charge in [0.25, 0.3) is 5.89 Å². The van der Waals surface area contributed by atoms with E-state index in [0.29, 0.717) is 0 Å². The Kier molecular flexibility index (Phi) is 1.07. The third-order valence-corrected chi connectivity index (χ3v) is 0.615. The van der Waals surface area contributed by atoms with Crippen LogP contribution in [0.15, 0.2) is 4.42 Å². The molecule has 0 aliphatic rings. The number of aromatic nitrogens is 2. The maximum atomic E-state index is 9.85. The maximum Gasteiger partial charge on any atom is 0.313 e. The molecule has 6 nitrogen and oxygen atoms in total. The first-order valence-corrected chi connectivity index (χ1v) is 2.00. The van der Waals surface area contributed by atoms with E-state index in [1.165, 1.54) is 0 Å². The Morgan fingerprint density at radius 1 is 1.67 bits per heavy atom. The maximum absolute atomic E-state index is 9.85. The molecule has 0 aliphatic heterocycles. The topological polar surface area (TPSA) is 105 Å². The van der Waals surface area contributed by atoms with Crippen molar-refractivity contribution in [1.29, 1.82) is 0 Å². The van der Waals surface area contributed by atoms with Gasteiger partial charge in [-0.2, -0.15) is 0 Å². The summed E-state index contributed by atoms with van der Waals surface area (Å²) < 4.78 is 4.24. The van der Waals surface area contributed by atoms with E-state index in [2.05, 4.69) is 14.6 Å². The highest BCUT2D eigenvalue weighted by molar-refractivity contribution is 5.79. The number of nitrogens with two attached hydrogens (primary N) is 1. The van der Waals surface area contributed by atoms with Gasteiger partial charge in [0.05, 0.1) is 0 Å². The first-order valence-electron chi connectivity index (χ1n) is 2.00. The number of hydrogen-bond donors (Lipinski definition) is 1. The lowest BCUT2D eigenvalue weighted by Gasteiger charge is -1.88. The molecule has 0 bridgehead atoms. The molecule has 0 fully saturated rings. The fourth-order valence-electron chi connectivity index (χ4n) is 0.317. The highest BCUT2D eigenvalue weighted by Gasteiger charge is 2.00. The molecule has 0 saturated heterocycles. The molecule has 0 saturated carbocycles. The Labute approximate surface area is 49.3 Å². The van der Waals surface area contributed by atoms with Crippen molar-refractivity contribution >= 4 is 12.0 Å². The predicted molar refractivity (Wildman–Crippen MR) is 23.0 cm³/mol. The molecule has 1 aromatic heterocycles. The number of anilines is 1. The van der Waals surface area contributed by atoms with Gasteiger partial charge in [-0.25, -0.2) is 0 Å². The van der Waals surface area contributed by atoms with Crippen LogP contribution in [0.4, 0.5) is 6.01 Å². The van der Waals surface area contributed by atoms with Crippen LogP contribution >= 0.6 is 0 Å². The number of nitrogens with zero attached hydrogens (tertiary/aromatic N) is 2. The van der Waals surface area contributed by atoms with Crippen LogP contribution in [-0.2, 0) is 0 Å². The molecule has 0 aromatic carbocycles. The summed E-state index contributed by atoms with van der Waals surface area (Å²) in [4.78, 5) is 9.85. The summed E-state index contributed by atoms with van der Waals surface area (Å²) in [5, 5.41) is 15.9. The molecular weight excluding hydrogens is 126 g/mol. The lowest BCUT2D eigenvalue weighted by molar-refractivity contribution is -0.257. The van der Waals surface area contributed by atoms with Crippen LogP contribution in [-0.4, -0.2) is 16.2 Å². The average Bonchev–Trinajstić information content (AvgIpc) is 2.14. The number of carboxylic acid groups (broad SMARTS) is 1. The van der Waals surface area contributed by atoms with Gasteiger partial charge in [-0.15, -0.1) is 5.10 Å². The number of hydrogen-bond acceptors (Lipinski definition) is 6. The molecule has 0 unspecified atom stereocenters. The zero-order chi connectivity index (χ0) is 6.85. The van der Waals surface area contributed by atoms with E-state index in [-0.39, 0.29) is 6.01 Å². The minimum atomic E-state index is -1.53. The Bertz CT molecular complexity index is 230. The number of carbonyl (C=O) groups is 1. The van der Waals surface area contributed by atoms with E-state index < -0.39 is 11.9 Å². The van der Waals surface area contributed by atoms with Crippen LogP contribution in [0.5, 0.6) is 0 Å². The van der Waals surface area contributed by atoms with Crippen molar-refractivity contribution in [2.75, 3.05) is 5.73 Å². The van der Waals surface area contributed by atoms with Gasteiger partial charge >= 0.3 is 6.01 Å². The Morgan fingerprint density at radius 3 is 2.56 bits per heavy atom. The molecule has 9 heavy (non-hydrogen) atoms. The van der Waals surface area contributed by atoms with E-state index in [9.17, 15) is 9.90 Å².